The predicted molar refractivity (Wildman–Crippen MR) is 67.4 cm³/mol. The monoisotopic (exact) mass is 309 g/mol. The van der Waals surface area contributed by atoms with Crippen molar-refractivity contribution in [3.05, 3.63) is 14.6 Å². The molecule has 0 aromatic carbocycles. The molecule has 0 amide bonds. The van der Waals surface area contributed by atoms with Crippen LogP contribution in [-0.4, -0.2) is 4.37 Å². The lowest BCUT2D eigenvalue weighted by Gasteiger charge is -2.21. The van der Waals surface area contributed by atoms with Gasteiger partial charge < -0.3 is 0 Å². The molecular weight excluding hydrogens is 293 g/mol. The summed E-state index contributed by atoms with van der Waals surface area (Å²) in [5.41, 5.74) is 0.317. The molecular formula is C10H16INS. The molecule has 1 aromatic heterocycles. The Kier molecular flexibility index (Phi) is 4.16. The van der Waals surface area contributed by atoms with Crippen LogP contribution in [0.5, 0.6) is 0 Å². The maximum atomic E-state index is 4.32. The van der Waals surface area contributed by atoms with E-state index in [-0.39, 0.29) is 0 Å². The molecule has 0 saturated heterocycles. The molecule has 3 heteroatoms. The molecule has 0 fully saturated rings. The van der Waals surface area contributed by atoms with E-state index in [1.54, 1.807) is 11.5 Å². The van der Waals surface area contributed by atoms with Crippen LogP contribution in [0.4, 0.5) is 0 Å². The standard InChI is InChI=1S/C10H16INS/c1-4-5-6-10(2,3)8-7-9(11)12-13-8/h7H,4-6H2,1-3H3. The van der Waals surface area contributed by atoms with Crippen LogP contribution >= 0.6 is 34.1 Å². The molecule has 0 atom stereocenters. The summed E-state index contributed by atoms with van der Waals surface area (Å²) in [4.78, 5) is 1.42. The molecule has 1 heterocycles. The molecule has 0 radical (unpaired) electrons. The fourth-order valence-corrected chi connectivity index (χ4v) is 2.88. The molecule has 0 bridgehead atoms. The van der Waals surface area contributed by atoms with Crippen LogP contribution in [0.2, 0.25) is 0 Å². The summed E-state index contributed by atoms with van der Waals surface area (Å²) in [5, 5.41) is 0. The van der Waals surface area contributed by atoms with E-state index in [9.17, 15) is 0 Å². The first-order valence-corrected chi connectivity index (χ1v) is 6.54. The summed E-state index contributed by atoms with van der Waals surface area (Å²) >= 11 is 3.93. The second kappa shape index (κ2) is 4.73. The van der Waals surface area contributed by atoms with Crippen molar-refractivity contribution >= 4 is 34.1 Å². The lowest BCUT2D eigenvalue weighted by atomic mass is 9.86. The van der Waals surface area contributed by atoms with E-state index < -0.39 is 0 Å². The number of aromatic nitrogens is 1. The summed E-state index contributed by atoms with van der Waals surface area (Å²) in [5.74, 6) is 0. The lowest BCUT2D eigenvalue weighted by Crippen LogP contribution is -2.14. The Hall–Kier alpha value is 0.360. The van der Waals surface area contributed by atoms with Gasteiger partial charge in [-0.1, -0.05) is 33.6 Å². The van der Waals surface area contributed by atoms with Crippen LogP contribution in [0.1, 0.15) is 44.9 Å². The van der Waals surface area contributed by atoms with E-state index in [0.29, 0.717) is 5.41 Å². The van der Waals surface area contributed by atoms with Gasteiger partial charge in [-0.2, -0.15) is 4.37 Å². The molecule has 0 aliphatic carbocycles. The average molecular weight is 309 g/mol. The van der Waals surface area contributed by atoms with Crippen molar-refractivity contribution in [1.29, 1.82) is 0 Å². The number of halogens is 1. The van der Waals surface area contributed by atoms with Crippen molar-refractivity contribution in [2.75, 3.05) is 0 Å². The summed E-state index contributed by atoms with van der Waals surface area (Å²) in [7, 11) is 0. The number of hydrogen-bond acceptors (Lipinski definition) is 2. The molecule has 0 N–H and O–H groups in total. The number of unbranched alkanes of at least 4 members (excludes halogenated alkanes) is 1. The zero-order valence-electron chi connectivity index (χ0n) is 8.43. The maximum absolute atomic E-state index is 4.32. The van der Waals surface area contributed by atoms with E-state index in [4.69, 9.17) is 0 Å². The smallest absolute Gasteiger partial charge is 0.115 e. The number of rotatable bonds is 4. The topological polar surface area (TPSA) is 12.9 Å². The molecule has 74 valence electrons. The summed E-state index contributed by atoms with van der Waals surface area (Å²) < 4.78 is 5.45. The molecule has 0 saturated carbocycles. The minimum atomic E-state index is 0.317. The van der Waals surface area contributed by atoms with Crippen LogP contribution in [0.3, 0.4) is 0 Å². The van der Waals surface area contributed by atoms with Gasteiger partial charge in [-0.25, -0.2) is 0 Å². The zero-order chi connectivity index (χ0) is 9.90. The third-order valence-corrected chi connectivity index (χ3v) is 4.34. The van der Waals surface area contributed by atoms with Crippen molar-refractivity contribution in [3.63, 3.8) is 0 Å². The second-order valence-electron chi connectivity index (χ2n) is 4.00. The van der Waals surface area contributed by atoms with Crippen molar-refractivity contribution in [2.45, 2.75) is 45.4 Å². The van der Waals surface area contributed by atoms with Gasteiger partial charge in [-0.05, 0) is 46.6 Å². The average Bonchev–Trinajstić information content (AvgIpc) is 2.49. The van der Waals surface area contributed by atoms with Crippen molar-refractivity contribution in [1.82, 2.24) is 4.37 Å². The number of hydrogen-bond donors (Lipinski definition) is 0. The molecule has 1 aromatic rings. The Balaban J connectivity index is 2.68. The molecule has 0 aliphatic rings. The fraction of sp³-hybridized carbons (Fsp3) is 0.700. The van der Waals surface area contributed by atoms with E-state index in [1.807, 2.05) is 0 Å². The molecule has 13 heavy (non-hydrogen) atoms. The zero-order valence-corrected chi connectivity index (χ0v) is 11.4. The third-order valence-electron chi connectivity index (χ3n) is 2.30. The SMILES string of the molecule is CCCCC(C)(C)c1cc(I)ns1. The van der Waals surface area contributed by atoms with Crippen molar-refractivity contribution in [3.8, 4) is 0 Å². The highest BCUT2D eigenvalue weighted by atomic mass is 127. The van der Waals surface area contributed by atoms with Crippen molar-refractivity contribution in [2.24, 2.45) is 0 Å². The summed E-state index contributed by atoms with van der Waals surface area (Å²) in [6.45, 7) is 6.87. The van der Waals surface area contributed by atoms with E-state index in [1.165, 1.54) is 24.1 Å². The van der Waals surface area contributed by atoms with Gasteiger partial charge in [0.25, 0.3) is 0 Å². The number of nitrogens with zero attached hydrogens (tertiary/aromatic N) is 1. The molecule has 0 spiro atoms. The first kappa shape index (κ1) is 11.4. The molecule has 0 aliphatic heterocycles. The van der Waals surface area contributed by atoms with Gasteiger partial charge in [0.15, 0.2) is 0 Å². The van der Waals surface area contributed by atoms with E-state index >= 15 is 0 Å². The van der Waals surface area contributed by atoms with Crippen LogP contribution in [-0.2, 0) is 5.41 Å². The largest absolute Gasteiger partial charge is 0.186 e. The Morgan fingerprint density at radius 2 is 2.23 bits per heavy atom. The lowest BCUT2D eigenvalue weighted by molar-refractivity contribution is 0.466. The van der Waals surface area contributed by atoms with E-state index in [0.717, 1.165) is 3.70 Å². The van der Waals surface area contributed by atoms with Gasteiger partial charge in [0, 0.05) is 10.3 Å². The van der Waals surface area contributed by atoms with Gasteiger partial charge in [0.1, 0.15) is 3.70 Å². The predicted octanol–water partition coefficient (Wildman–Crippen LogP) is 4.22. The van der Waals surface area contributed by atoms with Gasteiger partial charge in [0.05, 0.1) is 0 Å². The Bertz CT molecular complexity index is 268. The normalized spacial score (nSPS) is 12.0. The first-order valence-electron chi connectivity index (χ1n) is 4.69. The highest BCUT2D eigenvalue weighted by molar-refractivity contribution is 14.1. The van der Waals surface area contributed by atoms with Crippen LogP contribution < -0.4 is 0 Å². The Morgan fingerprint density at radius 1 is 1.54 bits per heavy atom. The third kappa shape index (κ3) is 3.20. The summed E-state index contributed by atoms with van der Waals surface area (Å²) in [6.07, 6.45) is 3.85. The minimum Gasteiger partial charge on any atom is -0.186 e. The van der Waals surface area contributed by atoms with Crippen molar-refractivity contribution < 1.29 is 0 Å². The first-order chi connectivity index (χ1) is 6.06. The highest BCUT2D eigenvalue weighted by Gasteiger charge is 2.22. The van der Waals surface area contributed by atoms with Crippen LogP contribution in [0.15, 0.2) is 6.07 Å². The Morgan fingerprint density at radius 3 is 2.69 bits per heavy atom. The maximum Gasteiger partial charge on any atom is 0.115 e. The highest BCUT2D eigenvalue weighted by Crippen LogP contribution is 2.32. The fourth-order valence-electron chi connectivity index (χ4n) is 1.31. The van der Waals surface area contributed by atoms with Gasteiger partial charge in [-0.15, -0.1) is 0 Å². The second-order valence-corrected chi connectivity index (χ2v) is 5.91. The minimum absolute atomic E-state index is 0.317. The molecule has 1 rings (SSSR count). The van der Waals surface area contributed by atoms with Crippen LogP contribution in [0.25, 0.3) is 0 Å². The van der Waals surface area contributed by atoms with Crippen LogP contribution in [0, 0.1) is 3.70 Å². The molecule has 0 unspecified atom stereocenters. The van der Waals surface area contributed by atoms with Gasteiger partial charge in [-0.3, -0.25) is 0 Å². The quantitative estimate of drug-likeness (QED) is 0.759. The van der Waals surface area contributed by atoms with Gasteiger partial charge >= 0.3 is 0 Å². The van der Waals surface area contributed by atoms with E-state index in [2.05, 4.69) is 53.8 Å². The Labute approximate surface area is 98.2 Å². The molecule has 1 nitrogen and oxygen atoms in total. The summed E-state index contributed by atoms with van der Waals surface area (Å²) in [6, 6.07) is 2.21. The van der Waals surface area contributed by atoms with Gasteiger partial charge in [0.2, 0.25) is 0 Å².